The van der Waals surface area contributed by atoms with Crippen LogP contribution in [0.3, 0.4) is 0 Å². The van der Waals surface area contributed by atoms with Crippen molar-refractivity contribution in [3.05, 3.63) is 82.8 Å². The number of alkyl halides is 3. The molecule has 5 nitrogen and oxygen atoms in total. The molecule has 0 aliphatic carbocycles. The van der Waals surface area contributed by atoms with Gasteiger partial charge in [-0.1, -0.05) is 42.5 Å². The molecule has 0 atom stereocenters. The van der Waals surface area contributed by atoms with E-state index in [1.165, 1.54) is 18.2 Å². The summed E-state index contributed by atoms with van der Waals surface area (Å²) < 4.78 is 48.8. The highest BCUT2D eigenvalue weighted by atomic mass is 19.4. The van der Waals surface area contributed by atoms with Crippen LogP contribution < -0.4 is 0 Å². The summed E-state index contributed by atoms with van der Waals surface area (Å²) in [6.07, 6.45) is -4.65. The number of aliphatic hydroxyl groups excluding tert-OH is 1. The largest absolute Gasteiger partial charge is 0.504 e. The van der Waals surface area contributed by atoms with Gasteiger partial charge >= 0.3 is 18.1 Å². The average molecular weight is 390 g/mol. The van der Waals surface area contributed by atoms with E-state index >= 15 is 0 Å². The fourth-order valence-corrected chi connectivity index (χ4v) is 2.73. The lowest BCUT2D eigenvalue weighted by molar-refractivity contribution is -0.138. The summed E-state index contributed by atoms with van der Waals surface area (Å²) >= 11 is 0. The molecule has 28 heavy (non-hydrogen) atoms. The zero-order valence-corrected chi connectivity index (χ0v) is 14.4. The lowest BCUT2D eigenvalue weighted by atomic mass is 9.99. The number of esters is 2. The molecule has 0 aromatic heterocycles. The maximum absolute atomic E-state index is 13.0. The van der Waals surface area contributed by atoms with Gasteiger partial charge in [-0.2, -0.15) is 13.2 Å². The number of benzene rings is 2. The number of aliphatic hydroxyl groups is 1. The molecule has 0 unspecified atom stereocenters. The molecule has 1 heterocycles. The monoisotopic (exact) mass is 390 g/mol. The van der Waals surface area contributed by atoms with Crippen LogP contribution in [0.2, 0.25) is 0 Å². The number of carbonyl (C=O) groups is 2. The van der Waals surface area contributed by atoms with Crippen LogP contribution in [0.15, 0.2) is 66.1 Å². The van der Waals surface area contributed by atoms with Crippen molar-refractivity contribution in [3.8, 4) is 0 Å². The lowest BCUT2D eigenvalue weighted by Crippen LogP contribution is -2.11. The van der Waals surface area contributed by atoms with Gasteiger partial charge in [0, 0.05) is 0 Å². The van der Waals surface area contributed by atoms with E-state index in [4.69, 9.17) is 4.74 Å². The van der Waals surface area contributed by atoms with Gasteiger partial charge in [0.15, 0.2) is 11.5 Å². The second-order valence-electron chi connectivity index (χ2n) is 5.75. The van der Waals surface area contributed by atoms with Gasteiger partial charge < -0.3 is 14.6 Å². The molecule has 0 radical (unpaired) electrons. The normalized spacial score (nSPS) is 16.1. The Kier molecular flexibility index (Phi) is 4.96. The summed E-state index contributed by atoms with van der Waals surface area (Å²) in [4.78, 5) is 24.5. The third-order valence-electron chi connectivity index (χ3n) is 4.01. The fourth-order valence-electron chi connectivity index (χ4n) is 2.73. The van der Waals surface area contributed by atoms with E-state index in [0.717, 1.165) is 19.2 Å². The fraction of sp³-hybridized carbons (Fsp3) is 0.100. The highest BCUT2D eigenvalue weighted by Gasteiger charge is 2.37. The Balaban J connectivity index is 2.23. The van der Waals surface area contributed by atoms with E-state index < -0.39 is 40.8 Å². The molecule has 8 heteroatoms. The summed E-state index contributed by atoms with van der Waals surface area (Å²) in [5, 5.41) is 10.5. The van der Waals surface area contributed by atoms with Crippen LogP contribution in [0, 0.1) is 0 Å². The number of methoxy groups -OCH3 is 1. The molecular weight excluding hydrogens is 377 g/mol. The number of hydrogen-bond donors (Lipinski definition) is 1. The molecule has 0 fully saturated rings. The van der Waals surface area contributed by atoms with Gasteiger partial charge in [0.05, 0.1) is 12.7 Å². The van der Waals surface area contributed by atoms with E-state index in [1.54, 1.807) is 18.2 Å². The molecule has 1 aliphatic heterocycles. The van der Waals surface area contributed by atoms with Crippen molar-refractivity contribution in [1.82, 2.24) is 0 Å². The number of hydrogen-bond acceptors (Lipinski definition) is 5. The Morgan fingerprint density at radius 1 is 1.07 bits per heavy atom. The van der Waals surface area contributed by atoms with Crippen LogP contribution in [0.5, 0.6) is 0 Å². The van der Waals surface area contributed by atoms with Gasteiger partial charge in [-0.3, -0.25) is 0 Å². The summed E-state index contributed by atoms with van der Waals surface area (Å²) in [6, 6.07) is 11.9. The second kappa shape index (κ2) is 7.22. The standard InChI is InChI=1S/C20H13F3O5/c1-27-18(25)15(12-8-5-9-13(10-12)20(21,22)23)17-16(24)14(19(26)28-17)11-6-3-2-4-7-11/h2-10,24H,1H3. The zero-order chi connectivity index (χ0) is 20.5. The summed E-state index contributed by atoms with van der Waals surface area (Å²) in [5.41, 5.74) is -1.60. The smallest absolute Gasteiger partial charge is 0.416 e. The SMILES string of the molecule is COC(=O)C(=C1OC(=O)C(c2ccccc2)=C1O)c1cccc(C(F)(F)F)c1. The molecule has 2 aromatic rings. The highest BCUT2D eigenvalue weighted by Crippen LogP contribution is 2.38. The molecule has 0 spiro atoms. The molecule has 1 N–H and O–H groups in total. The Hall–Kier alpha value is -3.55. The maximum Gasteiger partial charge on any atom is 0.416 e. The van der Waals surface area contributed by atoms with Crippen molar-refractivity contribution >= 4 is 23.1 Å². The molecule has 0 amide bonds. The second-order valence-corrected chi connectivity index (χ2v) is 5.75. The first-order valence-electron chi connectivity index (χ1n) is 7.95. The van der Waals surface area contributed by atoms with Crippen molar-refractivity contribution < 1.29 is 37.3 Å². The van der Waals surface area contributed by atoms with E-state index in [1.807, 2.05) is 0 Å². The van der Waals surface area contributed by atoms with Gasteiger partial charge in [-0.25, -0.2) is 9.59 Å². The first-order valence-corrected chi connectivity index (χ1v) is 7.95. The molecule has 1 aliphatic rings. The number of carbonyl (C=O) groups excluding carboxylic acids is 2. The summed E-state index contributed by atoms with van der Waals surface area (Å²) in [7, 11) is 1.02. The van der Waals surface area contributed by atoms with Crippen LogP contribution in [0.25, 0.3) is 11.1 Å². The van der Waals surface area contributed by atoms with Crippen molar-refractivity contribution in [2.24, 2.45) is 0 Å². The minimum Gasteiger partial charge on any atom is -0.504 e. The first kappa shape index (κ1) is 19.2. The number of cyclic esters (lactones) is 1. The van der Waals surface area contributed by atoms with E-state index in [-0.39, 0.29) is 11.1 Å². The zero-order valence-electron chi connectivity index (χ0n) is 14.4. The Labute approximate surface area is 157 Å². The molecule has 0 bridgehead atoms. The van der Waals surface area contributed by atoms with Gasteiger partial charge in [-0.05, 0) is 23.3 Å². The average Bonchev–Trinajstić information content (AvgIpc) is 2.96. The number of ether oxygens (including phenoxy) is 2. The predicted molar refractivity (Wildman–Crippen MR) is 92.5 cm³/mol. The van der Waals surface area contributed by atoms with E-state index in [2.05, 4.69) is 4.74 Å². The van der Waals surface area contributed by atoms with Gasteiger partial charge in [0.25, 0.3) is 0 Å². The van der Waals surface area contributed by atoms with Crippen molar-refractivity contribution in [2.45, 2.75) is 6.18 Å². The third kappa shape index (κ3) is 3.48. The molecule has 3 rings (SSSR count). The molecule has 0 saturated heterocycles. The molecule has 2 aromatic carbocycles. The maximum atomic E-state index is 13.0. The van der Waals surface area contributed by atoms with Gasteiger partial charge in [0.1, 0.15) is 11.1 Å². The summed E-state index contributed by atoms with van der Waals surface area (Å²) in [5.74, 6) is -3.22. The Morgan fingerprint density at radius 3 is 2.36 bits per heavy atom. The minimum absolute atomic E-state index is 0.205. The highest BCUT2D eigenvalue weighted by molar-refractivity contribution is 6.25. The Bertz CT molecular complexity index is 1000. The predicted octanol–water partition coefficient (Wildman–Crippen LogP) is 4.12. The van der Waals surface area contributed by atoms with Gasteiger partial charge in [0.2, 0.25) is 0 Å². The van der Waals surface area contributed by atoms with Crippen molar-refractivity contribution in [2.75, 3.05) is 7.11 Å². The summed E-state index contributed by atoms with van der Waals surface area (Å²) in [6.45, 7) is 0. The third-order valence-corrected chi connectivity index (χ3v) is 4.01. The van der Waals surface area contributed by atoms with Crippen LogP contribution >= 0.6 is 0 Å². The lowest BCUT2D eigenvalue weighted by Gasteiger charge is -2.12. The van der Waals surface area contributed by atoms with Crippen molar-refractivity contribution in [1.29, 1.82) is 0 Å². The van der Waals surface area contributed by atoms with Gasteiger partial charge in [-0.15, -0.1) is 0 Å². The molecular formula is C20H13F3O5. The number of halogens is 3. The van der Waals surface area contributed by atoms with E-state index in [9.17, 15) is 27.9 Å². The van der Waals surface area contributed by atoms with E-state index in [0.29, 0.717) is 11.6 Å². The minimum atomic E-state index is -4.65. The number of rotatable bonds is 3. The molecule has 0 saturated carbocycles. The quantitative estimate of drug-likeness (QED) is 0.631. The van der Waals surface area contributed by atoms with Crippen LogP contribution in [-0.2, 0) is 25.2 Å². The Morgan fingerprint density at radius 2 is 1.75 bits per heavy atom. The first-order chi connectivity index (χ1) is 13.2. The van der Waals surface area contributed by atoms with Crippen molar-refractivity contribution in [3.63, 3.8) is 0 Å². The molecule has 144 valence electrons. The van der Waals surface area contributed by atoms with Crippen LogP contribution in [0.4, 0.5) is 13.2 Å². The topological polar surface area (TPSA) is 72.8 Å². The van der Waals surface area contributed by atoms with Crippen LogP contribution in [-0.4, -0.2) is 24.2 Å². The van der Waals surface area contributed by atoms with Crippen LogP contribution in [0.1, 0.15) is 16.7 Å².